The number of pyridine rings is 1. The first-order valence-electron chi connectivity index (χ1n) is 8.50. The summed E-state index contributed by atoms with van der Waals surface area (Å²) in [5, 5.41) is 0.246. The number of nitrogens with zero attached hydrogens (tertiary/aromatic N) is 2. The lowest BCUT2D eigenvalue weighted by Gasteiger charge is -2.58. The van der Waals surface area contributed by atoms with Gasteiger partial charge in [0.2, 0.25) is 10.0 Å². The monoisotopic (exact) mass is 393 g/mol. The molecule has 138 valence electrons. The lowest BCUT2D eigenvalue weighted by atomic mass is 9.65. The molecule has 8 heteroatoms. The van der Waals surface area contributed by atoms with Gasteiger partial charge in [0.15, 0.2) is 0 Å². The van der Waals surface area contributed by atoms with E-state index in [1.807, 2.05) is 30.3 Å². The van der Waals surface area contributed by atoms with Crippen LogP contribution in [0.2, 0.25) is 5.02 Å². The number of halogens is 1. The van der Waals surface area contributed by atoms with Crippen LogP contribution in [0.25, 0.3) is 0 Å². The van der Waals surface area contributed by atoms with Crippen molar-refractivity contribution in [2.75, 3.05) is 25.5 Å². The van der Waals surface area contributed by atoms with Crippen LogP contribution < -0.4 is 5.73 Å². The molecule has 1 spiro atoms. The fourth-order valence-electron chi connectivity index (χ4n) is 4.03. The van der Waals surface area contributed by atoms with E-state index in [0.29, 0.717) is 19.8 Å². The van der Waals surface area contributed by atoms with Crippen molar-refractivity contribution < 1.29 is 13.2 Å². The van der Waals surface area contributed by atoms with Crippen molar-refractivity contribution in [2.24, 2.45) is 5.41 Å². The number of nitrogens with two attached hydrogens (primary N) is 1. The Morgan fingerprint density at radius 2 is 1.92 bits per heavy atom. The number of ether oxygens (including phenoxy) is 1. The molecule has 2 aromatic rings. The van der Waals surface area contributed by atoms with Crippen LogP contribution in [0.5, 0.6) is 0 Å². The largest absolute Gasteiger partial charge is 0.383 e. The summed E-state index contributed by atoms with van der Waals surface area (Å²) in [6, 6.07) is 10.9. The van der Waals surface area contributed by atoms with E-state index in [9.17, 15) is 8.42 Å². The van der Waals surface area contributed by atoms with Gasteiger partial charge in [-0.15, -0.1) is 0 Å². The molecule has 0 saturated carbocycles. The van der Waals surface area contributed by atoms with Crippen LogP contribution in [0.4, 0.5) is 5.82 Å². The number of aromatic nitrogens is 1. The molecule has 0 amide bonds. The fourth-order valence-corrected chi connectivity index (χ4v) is 6.15. The van der Waals surface area contributed by atoms with Crippen molar-refractivity contribution in [3.63, 3.8) is 0 Å². The summed E-state index contributed by atoms with van der Waals surface area (Å²) in [4.78, 5) is 3.87. The van der Waals surface area contributed by atoms with Crippen LogP contribution in [-0.2, 0) is 14.8 Å². The van der Waals surface area contributed by atoms with Gasteiger partial charge in [0.05, 0.1) is 11.1 Å². The highest BCUT2D eigenvalue weighted by Gasteiger charge is 2.58. The Hall–Kier alpha value is -1.67. The molecule has 2 N–H and O–H groups in total. The number of anilines is 1. The van der Waals surface area contributed by atoms with Gasteiger partial charge in [-0.2, -0.15) is 4.31 Å². The number of benzene rings is 1. The molecular formula is C18H20ClN3O3S. The molecule has 1 aromatic heterocycles. The molecule has 26 heavy (non-hydrogen) atoms. The molecule has 6 nitrogen and oxygen atoms in total. The van der Waals surface area contributed by atoms with Crippen molar-refractivity contribution in [3.8, 4) is 0 Å². The third kappa shape index (κ3) is 2.79. The Balaban J connectivity index is 1.77. The lowest BCUT2D eigenvalue weighted by Crippen LogP contribution is -2.62. The van der Waals surface area contributed by atoms with E-state index in [0.717, 1.165) is 18.4 Å². The molecule has 2 saturated heterocycles. The average Bonchev–Trinajstić information content (AvgIpc) is 2.63. The van der Waals surface area contributed by atoms with Crippen LogP contribution in [0.1, 0.15) is 24.4 Å². The van der Waals surface area contributed by atoms with Gasteiger partial charge < -0.3 is 10.5 Å². The van der Waals surface area contributed by atoms with E-state index < -0.39 is 10.0 Å². The van der Waals surface area contributed by atoms with Crippen molar-refractivity contribution in [1.82, 2.24) is 9.29 Å². The SMILES string of the molecule is Nc1ncc(Cl)cc1S(=O)(=O)N1CC2(CCOCC2)C1c1ccccc1. The Morgan fingerprint density at radius 1 is 1.23 bits per heavy atom. The predicted octanol–water partition coefficient (Wildman–Crippen LogP) is 2.86. The molecule has 1 atom stereocenters. The van der Waals surface area contributed by atoms with Crippen LogP contribution in [0.15, 0.2) is 47.5 Å². The second kappa shape index (κ2) is 6.49. The van der Waals surface area contributed by atoms with Gasteiger partial charge in [-0.05, 0) is 24.5 Å². The first-order valence-corrected chi connectivity index (χ1v) is 10.3. The van der Waals surface area contributed by atoms with Gasteiger partial charge >= 0.3 is 0 Å². The summed E-state index contributed by atoms with van der Waals surface area (Å²) >= 11 is 5.97. The van der Waals surface area contributed by atoms with Gasteiger partial charge in [-0.1, -0.05) is 41.9 Å². The molecule has 0 aliphatic carbocycles. The summed E-state index contributed by atoms with van der Waals surface area (Å²) in [6.45, 7) is 1.75. The molecule has 0 bridgehead atoms. The summed E-state index contributed by atoms with van der Waals surface area (Å²) in [7, 11) is -3.81. The Labute approximate surface area is 158 Å². The van der Waals surface area contributed by atoms with E-state index in [4.69, 9.17) is 22.1 Å². The van der Waals surface area contributed by atoms with Crippen LogP contribution in [-0.4, -0.2) is 37.5 Å². The van der Waals surface area contributed by atoms with E-state index in [1.165, 1.54) is 16.6 Å². The second-order valence-corrected chi connectivity index (χ2v) is 9.17. The number of sulfonamides is 1. The molecule has 0 radical (unpaired) electrons. The standard InChI is InChI=1S/C18H20ClN3O3S/c19-14-10-15(17(20)21-11-14)26(23,24)22-12-18(6-8-25-9-7-18)16(22)13-4-2-1-3-5-13/h1-5,10-11,16H,6-9,12H2,(H2,20,21). The van der Waals surface area contributed by atoms with Crippen LogP contribution in [0.3, 0.4) is 0 Å². The molecule has 2 aliphatic rings. The van der Waals surface area contributed by atoms with Crippen LogP contribution in [0, 0.1) is 5.41 Å². The van der Waals surface area contributed by atoms with E-state index in [1.54, 1.807) is 0 Å². The first-order chi connectivity index (χ1) is 12.4. The molecule has 2 aliphatic heterocycles. The lowest BCUT2D eigenvalue weighted by molar-refractivity contribution is -0.0952. The summed E-state index contributed by atoms with van der Waals surface area (Å²) < 4.78 is 33.7. The van der Waals surface area contributed by atoms with Crippen molar-refractivity contribution >= 4 is 27.4 Å². The Kier molecular flexibility index (Phi) is 4.43. The number of hydrogen-bond donors (Lipinski definition) is 1. The topological polar surface area (TPSA) is 85.5 Å². The van der Waals surface area contributed by atoms with Gasteiger partial charge in [-0.25, -0.2) is 13.4 Å². The predicted molar refractivity (Wildman–Crippen MR) is 99.2 cm³/mol. The smallest absolute Gasteiger partial charge is 0.247 e. The van der Waals surface area contributed by atoms with Crippen molar-refractivity contribution in [2.45, 2.75) is 23.8 Å². The Bertz CT molecular complexity index is 915. The third-order valence-corrected chi connectivity index (χ3v) is 7.42. The Morgan fingerprint density at radius 3 is 2.62 bits per heavy atom. The summed E-state index contributed by atoms with van der Waals surface area (Å²) in [5.41, 5.74) is 6.73. The summed E-state index contributed by atoms with van der Waals surface area (Å²) in [5.74, 6) is -0.0332. The van der Waals surface area contributed by atoms with Crippen molar-refractivity contribution in [3.05, 3.63) is 53.2 Å². The number of rotatable bonds is 3. The normalized spacial score (nSPS) is 22.9. The molecule has 4 rings (SSSR count). The van der Waals surface area contributed by atoms with Gasteiger partial charge in [0, 0.05) is 31.4 Å². The van der Waals surface area contributed by atoms with Gasteiger partial charge in [-0.3, -0.25) is 0 Å². The fraction of sp³-hybridized carbons (Fsp3) is 0.389. The average molecular weight is 394 g/mol. The van der Waals surface area contributed by atoms with Crippen molar-refractivity contribution in [1.29, 1.82) is 0 Å². The van der Waals surface area contributed by atoms with Gasteiger partial charge in [0.1, 0.15) is 10.7 Å². The maximum Gasteiger partial charge on any atom is 0.247 e. The maximum atomic E-state index is 13.3. The summed E-state index contributed by atoms with van der Waals surface area (Å²) in [6.07, 6.45) is 3.02. The highest BCUT2D eigenvalue weighted by molar-refractivity contribution is 7.89. The first kappa shape index (κ1) is 17.7. The zero-order valence-electron chi connectivity index (χ0n) is 14.1. The minimum atomic E-state index is -3.81. The molecule has 1 unspecified atom stereocenters. The number of hydrogen-bond acceptors (Lipinski definition) is 5. The maximum absolute atomic E-state index is 13.3. The third-order valence-electron chi connectivity index (χ3n) is 5.38. The molecule has 3 heterocycles. The quantitative estimate of drug-likeness (QED) is 0.866. The molecule has 2 fully saturated rings. The van der Waals surface area contributed by atoms with Gasteiger partial charge in [0.25, 0.3) is 0 Å². The molecule has 1 aromatic carbocycles. The zero-order valence-corrected chi connectivity index (χ0v) is 15.7. The molecular weight excluding hydrogens is 374 g/mol. The minimum absolute atomic E-state index is 0.0332. The number of nitrogen functional groups attached to an aromatic ring is 1. The van der Waals surface area contributed by atoms with E-state index in [2.05, 4.69) is 4.98 Å². The van der Waals surface area contributed by atoms with E-state index in [-0.39, 0.29) is 27.2 Å². The van der Waals surface area contributed by atoms with E-state index >= 15 is 0 Å². The second-order valence-electron chi connectivity index (χ2n) is 6.88. The minimum Gasteiger partial charge on any atom is -0.383 e. The van der Waals surface area contributed by atoms with Crippen LogP contribution >= 0.6 is 11.6 Å². The highest BCUT2D eigenvalue weighted by atomic mass is 35.5. The highest BCUT2D eigenvalue weighted by Crippen LogP contribution is 2.56. The zero-order chi connectivity index (χ0) is 18.4.